The number of nitrogens with zero attached hydrogens (tertiary/aromatic N) is 1. The quantitative estimate of drug-likeness (QED) is 0.448. The van der Waals surface area contributed by atoms with Crippen molar-refractivity contribution < 1.29 is 22.9 Å². The Morgan fingerprint density at radius 1 is 1.38 bits per heavy atom. The lowest BCUT2D eigenvalue weighted by Gasteiger charge is -2.05. The number of hydrogen-bond donors (Lipinski definition) is 0. The summed E-state index contributed by atoms with van der Waals surface area (Å²) in [7, 11) is 0. The van der Waals surface area contributed by atoms with E-state index in [1.807, 2.05) is 0 Å². The van der Waals surface area contributed by atoms with Crippen LogP contribution in [-0.4, -0.2) is 16.9 Å². The highest BCUT2D eigenvalue weighted by Crippen LogP contribution is 2.25. The first-order valence-corrected chi connectivity index (χ1v) is 4.10. The number of alkyl halides is 3. The molecule has 1 aromatic carbocycles. The summed E-state index contributed by atoms with van der Waals surface area (Å²) in [6.07, 6.45) is -5.02. The first-order valence-electron chi connectivity index (χ1n) is 4.10. The zero-order valence-corrected chi connectivity index (χ0v) is 8.04. The van der Waals surface area contributed by atoms with Crippen LogP contribution in [0.5, 0.6) is 0 Å². The molecule has 0 N–H and O–H groups in total. The van der Waals surface area contributed by atoms with E-state index < -0.39 is 28.1 Å². The van der Waals surface area contributed by atoms with Gasteiger partial charge < -0.3 is 0 Å². The van der Waals surface area contributed by atoms with E-state index in [2.05, 4.69) is 0 Å². The Kier molecular flexibility index (Phi) is 2.97. The van der Waals surface area contributed by atoms with Gasteiger partial charge in [-0.1, -0.05) is 12.1 Å². The molecule has 0 bridgehead atoms. The number of carbonyl (C=O) groups is 1. The first kappa shape index (κ1) is 12.2. The summed E-state index contributed by atoms with van der Waals surface area (Å²) >= 11 is 0. The van der Waals surface area contributed by atoms with E-state index >= 15 is 0 Å². The second-order valence-corrected chi connectivity index (χ2v) is 3.09. The molecule has 0 aromatic heterocycles. The number of nitro benzene ring substituents is 1. The summed E-state index contributed by atoms with van der Waals surface area (Å²) in [5.41, 5.74) is -1.04. The normalized spacial score (nSPS) is 11.2. The van der Waals surface area contributed by atoms with Crippen LogP contribution in [0.4, 0.5) is 18.9 Å². The Hall–Kier alpha value is -1.92. The highest BCUT2D eigenvalue weighted by atomic mass is 19.4. The van der Waals surface area contributed by atoms with Gasteiger partial charge in [0.1, 0.15) is 0 Å². The van der Waals surface area contributed by atoms with Crippen LogP contribution in [0.2, 0.25) is 0 Å². The zero-order chi connectivity index (χ0) is 12.5. The van der Waals surface area contributed by atoms with Crippen LogP contribution in [0.1, 0.15) is 15.9 Å². The molecule has 0 atom stereocenters. The molecule has 0 amide bonds. The van der Waals surface area contributed by atoms with Gasteiger partial charge in [0.05, 0.1) is 4.92 Å². The van der Waals surface area contributed by atoms with Crippen molar-refractivity contribution in [3.05, 3.63) is 39.4 Å². The van der Waals surface area contributed by atoms with Crippen molar-refractivity contribution in [2.24, 2.45) is 0 Å². The smallest absolute Gasteiger partial charge is 0.284 e. The second-order valence-electron chi connectivity index (χ2n) is 3.09. The fourth-order valence-electron chi connectivity index (χ4n) is 1.11. The number of Topliss-reactive ketones (excluding diaryl/α,β-unsaturated/α-hetero) is 1. The maximum Gasteiger partial charge on any atom is 0.454 e. The topological polar surface area (TPSA) is 60.2 Å². The van der Waals surface area contributed by atoms with Gasteiger partial charge in [-0.05, 0) is 6.92 Å². The Morgan fingerprint density at radius 2 is 1.94 bits per heavy atom. The predicted octanol–water partition coefficient (Wildman–Crippen LogP) is 2.65. The molecule has 4 nitrogen and oxygen atoms in total. The van der Waals surface area contributed by atoms with Crippen LogP contribution in [0.25, 0.3) is 0 Å². The van der Waals surface area contributed by atoms with Gasteiger partial charge >= 0.3 is 6.18 Å². The lowest BCUT2D eigenvalue weighted by atomic mass is 10.1. The SMILES string of the molecule is Cc1ccc(C(=O)C(F)(F)F)cc1[N+](=O)[O-]. The molecule has 0 radical (unpaired) electrons. The number of carbonyl (C=O) groups excluding carboxylic acids is 1. The molecule has 0 spiro atoms. The fraction of sp³-hybridized carbons (Fsp3) is 0.222. The molecular formula is C9H6F3NO3. The number of benzene rings is 1. The maximum atomic E-state index is 12.0. The number of halogens is 3. The number of hydrogen-bond acceptors (Lipinski definition) is 3. The average molecular weight is 233 g/mol. The lowest BCUT2D eigenvalue weighted by molar-refractivity contribution is -0.385. The first-order chi connectivity index (χ1) is 7.23. The minimum absolute atomic E-state index is 0.198. The summed E-state index contributed by atoms with van der Waals surface area (Å²) in [4.78, 5) is 20.4. The van der Waals surface area contributed by atoms with Gasteiger partial charge in [-0.3, -0.25) is 14.9 Å². The summed E-state index contributed by atoms with van der Waals surface area (Å²) in [6.45, 7) is 1.37. The molecule has 0 saturated carbocycles. The predicted molar refractivity (Wildman–Crippen MR) is 48.2 cm³/mol. The third kappa shape index (κ3) is 2.36. The van der Waals surface area contributed by atoms with Crippen LogP contribution >= 0.6 is 0 Å². The molecule has 7 heteroatoms. The number of ketones is 1. The summed E-state index contributed by atoms with van der Waals surface area (Å²) in [6, 6.07) is 2.65. The Balaban J connectivity index is 3.24. The number of aryl methyl sites for hydroxylation is 1. The monoisotopic (exact) mass is 233 g/mol. The van der Waals surface area contributed by atoms with Crippen LogP contribution in [-0.2, 0) is 0 Å². The van der Waals surface area contributed by atoms with Gasteiger partial charge in [-0.15, -0.1) is 0 Å². The van der Waals surface area contributed by atoms with Crippen molar-refractivity contribution >= 4 is 11.5 Å². The summed E-state index contributed by atoms with van der Waals surface area (Å²) in [5.74, 6) is -2.09. The van der Waals surface area contributed by atoms with E-state index in [0.29, 0.717) is 6.07 Å². The van der Waals surface area contributed by atoms with E-state index in [1.165, 1.54) is 6.92 Å². The van der Waals surface area contributed by atoms with Gasteiger partial charge in [-0.25, -0.2) is 0 Å². The molecule has 86 valence electrons. The molecule has 0 fully saturated rings. The molecule has 0 heterocycles. The van der Waals surface area contributed by atoms with Crippen molar-refractivity contribution in [2.75, 3.05) is 0 Å². The van der Waals surface area contributed by atoms with Gasteiger partial charge in [0.15, 0.2) is 0 Å². The molecule has 1 rings (SSSR count). The minimum Gasteiger partial charge on any atom is -0.284 e. The van der Waals surface area contributed by atoms with E-state index in [1.54, 1.807) is 0 Å². The molecule has 0 saturated heterocycles. The van der Waals surface area contributed by atoms with Crippen LogP contribution in [0.15, 0.2) is 18.2 Å². The van der Waals surface area contributed by atoms with Gasteiger partial charge in [0.25, 0.3) is 11.5 Å². The average Bonchev–Trinajstić information content (AvgIpc) is 2.15. The number of rotatable bonds is 2. The zero-order valence-electron chi connectivity index (χ0n) is 8.04. The molecular weight excluding hydrogens is 227 g/mol. The highest BCUT2D eigenvalue weighted by molar-refractivity contribution is 6.00. The van der Waals surface area contributed by atoms with Crippen LogP contribution in [0.3, 0.4) is 0 Å². The molecule has 0 aliphatic heterocycles. The van der Waals surface area contributed by atoms with E-state index in [-0.39, 0.29) is 5.56 Å². The minimum atomic E-state index is -5.02. The van der Waals surface area contributed by atoms with Crippen LogP contribution < -0.4 is 0 Å². The maximum absolute atomic E-state index is 12.0. The van der Waals surface area contributed by atoms with Gasteiger partial charge in [0.2, 0.25) is 0 Å². The van der Waals surface area contributed by atoms with Crippen molar-refractivity contribution in [3.8, 4) is 0 Å². The van der Waals surface area contributed by atoms with E-state index in [0.717, 1.165) is 12.1 Å². The molecule has 1 aromatic rings. The largest absolute Gasteiger partial charge is 0.454 e. The molecule has 0 aliphatic carbocycles. The third-order valence-corrected chi connectivity index (χ3v) is 1.93. The standard InChI is InChI=1S/C9H6F3NO3/c1-5-2-3-6(4-7(5)13(15)16)8(14)9(10,11)12/h2-4H,1H3. The molecule has 0 unspecified atom stereocenters. The lowest BCUT2D eigenvalue weighted by Crippen LogP contribution is -2.22. The highest BCUT2D eigenvalue weighted by Gasteiger charge is 2.39. The third-order valence-electron chi connectivity index (χ3n) is 1.93. The van der Waals surface area contributed by atoms with Gasteiger partial charge in [0, 0.05) is 17.2 Å². The summed E-state index contributed by atoms with van der Waals surface area (Å²) < 4.78 is 36.1. The van der Waals surface area contributed by atoms with Crippen molar-refractivity contribution in [2.45, 2.75) is 13.1 Å². The number of nitro groups is 1. The van der Waals surface area contributed by atoms with E-state index in [9.17, 15) is 28.1 Å². The van der Waals surface area contributed by atoms with Crippen molar-refractivity contribution in [1.29, 1.82) is 0 Å². The second kappa shape index (κ2) is 3.92. The Labute approximate surface area is 87.8 Å². The Bertz CT molecular complexity index is 454. The van der Waals surface area contributed by atoms with E-state index in [4.69, 9.17) is 0 Å². The fourth-order valence-corrected chi connectivity index (χ4v) is 1.11. The van der Waals surface area contributed by atoms with Gasteiger partial charge in [-0.2, -0.15) is 13.2 Å². The van der Waals surface area contributed by atoms with Crippen molar-refractivity contribution in [3.63, 3.8) is 0 Å². The summed E-state index contributed by atoms with van der Waals surface area (Å²) in [5, 5.41) is 10.5. The van der Waals surface area contributed by atoms with Crippen molar-refractivity contribution in [1.82, 2.24) is 0 Å². The molecule has 16 heavy (non-hydrogen) atoms. The van der Waals surface area contributed by atoms with Crippen LogP contribution in [0, 0.1) is 17.0 Å². The molecule has 0 aliphatic rings. The Morgan fingerprint density at radius 3 is 2.38 bits per heavy atom.